The highest BCUT2D eigenvalue weighted by Gasteiger charge is 2.27. The third-order valence-corrected chi connectivity index (χ3v) is 7.65. The molecule has 1 unspecified atom stereocenters. The molecule has 1 fully saturated rings. The Morgan fingerprint density at radius 3 is 2.53 bits per heavy atom. The highest BCUT2D eigenvalue weighted by Crippen LogP contribution is 2.37. The normalized spacial score (nSPS) is 17.0. The van der Waals surface area contributed by atoms with E-state index in [9.17, 15) is 13.5 Å². The molecule has 3 aromatic heterocycles. The molecule has 1 aliphatic rings. The maximum Gasteiger partial charge on any atom is 0.269 e. The van der Waals surface area contributed by atoms with Crippen LogP contribution in [-0.2, 0) is 10.0 Å². The van der Waals surface area contributed by atoms with Crippen molar-refractivity contribution in [3.63, 3.8) is 0 Å². The van der Waals surface area contributed by atoms with Gasteiger partial charge in [-0.15, -0.1) is 0 Å². The second kappa shape index (κ2) is 7.21. The van der Waals surface area contributed by atoms with Gasteiger partial charge in [0.05, 0.1) is 16.6 Å². The van der Waals surface area contributed by atoms with Crippen molar-refractivity contribution in [1.82, 2.24) is 18.5 Å². The van der Waals surface area contributed by atoms with Gasteiger partial charge >= 0.3 is 0 Å². The molecule has 0 amide bonds. The summed E-state index contributed by atoms with van der Waals surface area (Å²) in [6.07, 6.45) is 8.00. The number of hydrogen-bond donors (Lipinski definition) is 1. The van der Waals surface area contributed by atoms with E-state index in [0.29, 0.717) is 17.0 Å². The lowest BCUT2D eigenvalue weighted by Crippen LogP contribution is -2.17. The molecular weight excluding hydrogens is 400 g/mol. The third-order valence-electron chi connectivity index (χ3n) is 5.97. The largest absolute Gasteiger partial charge is 0.385 e. The molecular formula is C22H24N4O3S. The zero-order chi connectivity index (χ0) is 20.9. The summed E-state index contributed by atoms with van der Waals surface area (Å²) in [6, 6.07) is 10.4. The van der Waals surface area contributed by atoms with Crippen LogP contribution in [0.2, 0.25) is 0 Å². The van der Waals surface area contributed by atoms with E-state index in [2.05, 4.69) is 14.5 Å². The molecule has 0 bridgehead atoms. The highest BCUT2D eigenvalue weighted by atomic mass is 32.2. The van der Waals surface area contributed by atoms with Gasteiger partial charge in [-0.05, 0) is 38.0 Å². The lowest BCUT2D eigenvalue weighted by atomic mass is 9.95. The number of hydrogen-bond acceptors (Lipinski definition) is 5. The fourth-order valence-corrected chi connectivity index (χ4v) is 5.89. The SMILES string of the molecule is CC(O)c1nc2cnc3c(ccn3S(=O)(=O)c3ccccc3)c2n1C1CCCCC1. The monoisotopic (exact) mass is 424 g/mol. The highest BCUT2D eigenvalue weighted by molar-refractivity contribution is 7.90. The van der Waals surface area contributed by atoms with E-state index in [1.54, 1.807) is 55.7 Å². The van der Waals surface area contributed by atoms with Gasteiger partial charge in [0.1, 0.15) is 17.4 Å². The molecule has 0 aliphatic heterocycles. The van der Waals surface area contributed by atoms with Crippen LogP contribution in [0.4, 0.5) is 0 Å². The molecule has 0 spiro atoms. The number of aromatic nitrogens is 4. The minimum absolute atomic E-state index is 0.217. The summed E-state index contributed by atoms with van der Waals surface area (Å²) in [7, 11) is -3.76. The molecule has 1 N–H and O–H groups in total. The molecule has 0 radical (unpaired) electrons. The van der Waals surface area contributed by atoms with E-state index >= 15 is 0 Å². The standard InChI is InChI=1S/C22H24N4O3S/c1-15(27)21-24-19-14-23-22-18(20(19)26(21)16-8-4-2-5-9-16)12-13-25(22)30(28,29)17-10-6-3-7-11-17/h3,6-7,10-16,27H,2,4-5,8-9H2,1H3. The van der Waals surface area contributed by atoms with E-state index in [1.807, 2.05) is 0 Å². The van der Waals surface area contributed by atoms with Crippen molar-refractivity contribution in [2.75, 3.05) is 0 Å². The van der Waals surface area contributed by atoms with E-state index in [0.717, 1.165) is 36.6 Å². The fourth-order valence-electron chi connectivity index (χ4n) is 4.57. The number of imidazole rings is 1. The third kappa shape index (κ3) is 2.94. The number of aliphatic hydroxyl groups is 1. The lowest BCUT2D eigenvalue weighted by Gasteiger charge is -2.26. The van der Waals surface area contributed by atoms with Gasteiger partial charge in [-0.3, -0.25) is 0 Å². The Kier molecular flexibility index (Phi) is 4.63. The number of rotatable bonds is 4. The predicted molar refractivity (Wildman–Crippen MR) is 115 cm³/mol. The molecule has 3 heterocycles. The smallest absolute Gasteiger partial charge is 0.269 e. The minimum atomic E-state index is -3.76. The average Bonchev–Trinajstić information content (AvgIpc) is 3.37. The summed E-state index contributed by atoms with van der Waals surface area (Å²) in [5.41, 5.74) is 1.91. The quantitative estimate of drug-likeness (QED) is 0.531. The molecule has 5 rings (SSSR count). The maximum absolute atomic E-state index is 13.2. The van der Waals surface area contributed by atoms with Crippen molar-refractivity contribution >= 4 is 32.1 Å². The van der Waals surface area contributed by atoms with Crippen LogP contribution >= 0.6 is 0 Å². The van der Waals surface area contributed by atoms with Gasteiger partial charge in [0.15, 0.2) is 5.65 Å². The summed E-state index contributed by atoms with van der Waals surface area (Å²) in [5, 5.41) is 11.1. The van der Waals surface area contributed by atoms with E-state index in [4.69, 9.17) is 0 Å². The Bertz CT molecular complexity index is 1320. The van der Waals surface area contributed by atoms with Crippen LogP contribution in [0.1, 0.15) is 57.0 Å². The topological polar surface area (TPSA) is 90.0 Å². The molecule has 1 atom stereocenters. The maximum atomic E-state index is 13.2. The summed E-state index contributed by atoms with van der Waals surface area (Å²) < 4.78 is 29.8. The van der Waals surface area contributed by atoms with Gasteiger partial charge in [0.2, 0.25) is 0 Å². The predicted octanol–water partition coefficient (Wildman–Crippen LogP) is 4.18. The lowest BCUT2D eigenvalue weighted by molar-refractivity contribution is 0.178. The summed E-state index contributed by atoms with van der Waals surface area (Å²) in [6.45, 7) is 1.72. The van der Waals surface area contributed by atoms with Gasteiger partial charge in [-0.2, -0.15) is 0 Å². The van der Waals surface area contributed by atoms with Crippen LogP contribution < -0.4 is 0 Å². The Hall–Kier alpha value is -2.71. The molecule has 30 heavy (non-hydrogen) atoms. The Balaban J connectivity index is 1.77. The van der Waals surface area contributed by atoms with Gasteiger partial charge in [-0.1, -0.05) is 37.5 Å². The first-order chi connectivity index (χ1) is 14.5. The zero-order valence-corrected chi connectivity index (χ0v) is 17.6. The van der Waals surface area contributed by atoms with Crippen LogP contribution in [0.3, 0.4) is 0 Å². The molecule has 156 valence electrons. The molecule has 1 aromatic carbocycles. The second-order valence-corrected chi connectivity index (χ2v) is 9.78. The Morgan fingerprint density at radius 2 is 1.83 bits per heavy atom. The molecule has 8 heteroatoms. The fraction of sp³-hybridized carbons (Fsp3) is 0.364. The number of fused-ring (bicyclic) bond motifs is 3. The van der Waals surface area contributed by atoms with Crippen molar-refractivity contribution in [3.8, 4) is 0 Å². The van der Waals surface area contributed by atoms with E-state index < -0.39 is 16.1 Å². The van der Waals surface area contributed by atoms with Crippen LogP contribution in [0.25, 0.3) is 22.1 Å². The molecule has 7 nitrogen and oxygen atoms in total. The van der Waals surface area contributed by atoms with Crippen LogP contribution in [0, 0.1) is 0 Å². The summed E-state index contributed by atoms with van der Waals surface area (Å²) >= 11 is 0. The average molecular weight is 425 g/mol. The van der Waals surface area contributed by atoms with Gasteiger partial charge in [-0.25, -0.2) is 22.4 Å². The van der Waals surface area contributed by atoms with E-state index in [1.165, 1.54) is 10.4 Å². The van der Waals surface area contributed by atoms with E-state index in [-0.39, 0.29) is 10.9 Å². The number of aliphatic hydroxyl groups excluding tert-OH is 1. The van der Waals surface area contributed by atoms with Gasteiger partial charge < -0.3 is 9.67 Å². The first-order valence-electron chi connectivity index (χ1n) is 10.3. The van der Waals surface area contributed by atoms with Crippen LogP contribution in [0.5, 0.6) is 0 Å². The number of pyridine rings is 1. The Morgan fingerprint density at radius 1 is 1.10 bits per heavy atom. The first-order valence-corrected chi connectivity index (χ1v) is 11.8. The van der Waals surface area contributed by atoms with Crippen molar-refractivity contribution in [3.05, 3.63) is 54.6 Å². The van der Waals surface area contributed by atoms with Gasteiger partial charge in [0, 0.05) is 17.6 Å². The molecule has 0 saturated heterocycles. The van der Waals surface area contributed by atoms with Crippen molar-refractivity contribution in [2.24, 2.45) is 0 Å². The van der Waals surface area contributed by atoms with Crippen molar-refractivity contribution in [2.45, 2.75) is 56.1 Å². The summed E-state index contributed by atoms with van der Waals surface area (Å²) in [5.74, 6) is 0.616. The Labute approximate surface area is 175 Å². The first kappa shape index (κ1) is 19.3. The molecule has 1 aliphatic carbocycles. The number of nitrogens with zero attached hydrogens (tertiary/aromatic N) is 4. The van der Waals surface area contributed by atoms with Crippen molar-refractivity contribution in [1.29, 1.82) is 0 Å². The zero-order valence-electron chi connectivity index (χ0n) is 16.8. The molecule has 4 aromatic rings. The second-order valence-electron chi connectivity index (χ2n) is 7.97. The summed E-state index contributed by atoms with van der Waals surface area (Å²) in [4.78, 5) is 9.32. The molecule has 1 saturated carbocycles. The minimum Gasteiger partial charge on any atom is -0.385 e. The van der Waals surface area contributed by atoms with Crippen molar-refractivity contribution < 1.29 is 13.5 Å². The van der Waals surface area contributed by atoms with Gasteiger partial charge in [0.25, 0.3) is 10.0 Å². The van der Waals surface area contributed by atoms with Crippen LogP contribution in [0.15, 0.2) is 53.7 Å². The van der Waals surface area contributed by atoms with Crippen LogP contribution in [-0.4, -0.2) is 32.0 Å². The number of benzene rings is 1.